The molecule has 0 fully saturated rings. The molecular formula is C13H17NOS. The molecule has 1 rings (SSSR count). The van der Waals surface area contributed by atoms with E-state index in [9.17, 15) is 4.21 Å². The molecule has 0 spiro atoms. The lowest BCUT2D eigenvalue weighted by Crippen LogP contribution is -2.19. The van der Waals surface area contributed by atoms with Crippen molar-refractivity contribution in [2.45, 2.75) is 13.5 Å². The van der Waals surface area contributed by atoms with E-state index in [1.807, 2.05) is 19.1 Å². The average molecular weight is 235 g/mol. The van der Waals surface area contributed by atoms with E-state index < -0.39 is 10.8 Å². The normalized spacial score (nSPS) is 11.6. The van der Waals surface area contributed by atoms with Gasteiger partial charge in [0, 0.05) is 41.5 Å². The van der Waals surface area contributed by atoms with Crippen molar-refractivity contribution in [3.8, 4) is 11.8 Å². The van der Waals surface area contributed by atoms with Crippen molar-refractivity contribution in [3.05, 3.63) is 35.4 Å². The van der Waals surface area contributed by atoms with Gasteiger partial charge < -0.3 is 5.32 Å². The van der Waals surface area contributed by atoms with E-state index in [1.54, 1.807) is 6.26 Å². The fourth-order valence-electron chi connectivity index (χ4n) is 1.35. The predicted molar refractivity (Wildman–Crippen MR) is 69.6 cm³/mol. The van der Waals surface area contributed by atoms with Gasteiger partial charge in [-0.3, -0.25) is 4.21 Å². The van der Waals surface area contributed by atoms with Gasteiger partial charge in [-0.05, 0) is 24.6 Å². The van der Waals surface area contributed by atoms with Crippen LogP contribution in [0.3, 0.4) is 0 Å². The van der Waals surface area contributed by atoms with E-state index in [1.165, 1.54) is 5.56 Å². The minimum Gasteiger partial charge on any atom is -0.312 e. The van der Waals surface area contributed by atoms with Crippen molar-refractivity contribution >= 4 is 10.8 Å². The summed E-state index contributed by atoms with van der Waals surface area (Å²) in [5.74, 6) is 6.62. The first-order valence-electron chi connectivity index (χ1n) is 5.25. The molecule has 2 nitrogen and oxygen atoms in total. The van der Waals surface area contributed by atoms with Crippen LogP contribution in [0.1, 0.15) is 18.1 Å². The van der Waals surface area contributed by atoms with Gasteiger partial charge in [-0.1, -0.05) is 18.1 Å². The Morgan fingerprint density at radius 1 is 1.44 bits per heavy atom. The molecule has 1 aromatic carbocycles. The van der Waals surface area contributed by atoms with Gasteiger partial charge in [0.15, 0.2) is 0 Å². The topological polar surface area (TPSA) is 29.1 Å². The minimum absolute atomic E-state index is 0.703. The molecule has 0 aliphatic carbocycles. The summed E-state index contributed by atoms with van der Waals surface area (Å²) in [6.45, 7) is 3.42. The van der Waals surface area contributed by atoms with Crippen LogP contribution in [0.15, 0.2) is 24.3 Å². The Bertz CT molecular complexity index is 417. The van der Waals surface area contributed by atoms with Crippen LogP contribution < -0.4 is 5.32 Å². The van der Waals surface area contributed by atoms with Crippen molar-refractivity contribution in [1.29, 1.82) is 0 Å². The first kappa shape index (κ1) is 13.0. The number of rotatable bonds is 5. The zero-order valence-electron chi connectivity index (χ0n) is 9.75. The van der Waals surface area contributed by atoms with Gasteiger partial charge in [0.05, 0.1) is 0 Å². The minimum atomic E-state index is -0.716. The fourth-order valence-corrected chi connectivity index (χ4v) is 1.78. The Labute approximate surface area is 99.9 Å². The van der Waals surface area contributed by atoms with Crippen molar-refractivity contribution in [2.75, 3.05) is 18.6 Å². The van der Waals surface area contributed by atoms with E-state index in [0.717, 1.165) is 18.7 Å². The molecule has 1 unspecified atom stereocenters. The van der Waals surface area contributed by atoms with Crippen molar-refractivity contribution in [2.24, 2.45) is 0 Å². The maximum absolute atomic E-state index is 10.8. The highest BCUT2D eigenvalue weighted by Crippen LogP contribution is 2.03. The SMILES string of the molecule is CC#Cc1cccc(CNCCS(C)=O)c1. The molecule has 1 N–H and O–H groups in total. The molecule has 0 saturated heterocycles. The van der Waals surface area contributed by atoms with Crippen LogP contribution in [0, 0.1) is 11.8 Å². The Kier molecular flexibility index (Phi) is 5.84. The molecule has 16 heavy (non-hydrogen) atoms. The summed E-state index contributed by atoms with van der Waals surface area (Å²) >= 11 is 0. The molecule has 0 aliphatic heterocycles. The molecule has 1 aromatic rings. The van der Waals surface area contributed by atoms with Crippen LogP contribution in [0.5, 0.6) is 0 Å². The molecule has 0 amide bonds. The Morgan fingerprint density at radius 3 is 2.94 bits per heavy atom. The molecule has 0 aliphatic rings. The number of nitrogens with one attached hydrogen (secondary N) is 1. The fraction of sp³-hybridized carbons (Fsp3) is 0.385. The van der Waals surface area contributed by atoms with E-state index in [2.05, 4.69) is 29.3 Å². The number of benzene rings is 1. The maximum atomic E-state index is 10.8. The third kappa shape index (κ3) is 5.11. The molecule has 0 aromatic heterocycles. The Morgan fingerprint density at radius 2 is 2.25 bits per heavy atom. The van der Waals surface area contributed by atoms with E-state index >= 15 is 0 Å². The Balaban J connectivity index is 2.43. The van der Waals surface area contributed by atoms with Gasteiger partial charge in [0.25, 0.3) is 0 Å². The monoisotopic (exact) mass is 235 g/mol. The van der Waals surface area contributed by atoms with Crippen molar-refractivity contribution in [3.63, 3.8) is 0 Å². The molecule has 0 saturated carbocycles. The van der Waals surface area contributed by atoms with Crippen LogP contribution in [-0.4, -0.2) is 22.8 Å². The second-order valence-electron chi connectivity index (χ2n) is 3.53. The van der Waals surface area contributed by atoms with Crippen LogP contribution >= 0.6 is 0 Å². The second-order valence-corrected chi connectivity index (χ2v) is 5.08. The lowest BCUT2D eigenvalue weighted by molar-refractivity contribution is 0.676. The highest BCUT2D eigenvalue weighted by Gasteiger charge is 1.95. The van der Waals surface area contributed by atoms with Crippen LogP contribution in [0.2, 0.25) is 0 Å². The smallest absolute Gasteiger partial charge is 0.0357 e. The third-order valence-corrected chi connectivity index (χ3v) is 2.87. The highest BCUT2D eigenvalue weighted by molar-refractivity contribution is 7.84. The van der Waals surface area contributed by atoms with E-state index in [4.69, 9.17) is 0 Å². The molecule has 0 radical (unpaired) electrons. The van der Waals surface area contributed by atoms with Crippen LogP contribution in [0.25, 0.3) is 0 Å². The molecule has 86 valence electrons. The first-order chi connectivity index (χ1) is 7.72. The Hall–Kier alpha value is -1.11. The maximum Gasteiger partial charge on any atom is 0.0357 e. The largest absolute Gasteiger partial charge is 0.312 e. The lowest BCUT2D eigenvalue weighted by Gasteiger charge is -2.04. The highest BCUT2D eigenvalue weighted by atomic mass is 32.2. The third-order valence-electron chi connectivity index (χ3n) is 2.09. The van der Waals surface area contributed by atoms with Gasteiger partial charge in [0.1, 0.15) is 0 Å². The first-order valence-corrected chi connectivity index (χ1v) is 6.97. The lowest BCUT2D eigenvalue weighted by atomic mass is 10.1. The van der Waals surface area contributed by atoms with Gasteiger partial charge in [-0.2, -0.15) is 0 Å². The van der Waals surface area contributed by atoms with Crippen molar-refractivity contribution < 1.29 is 4.21 Å². The molecule has 0 heterocycles. The number of hydrogen-bond acceptors (Lipinski definition) is 2. The quantitative estimate of drug-likeness (QED) is 0.619. The standard InChI is InChI=1S/C13H17NOS/c1-3-5-12-6-4-7-13(10-12)11-14-8-9-16(2)15/h4,6-7,10,14H,8-9,11H2,1-2H3. The van der Waals surface area contributed by atoms with Gasteiger partial charge in [0.2, 0.25) is 0 Å². The van der Waals surface area contributed by atoms with E-state index in [-0.39, 0.29) is 0 Å². The summed E-state index contributed by atoms with van der Waals surface area (Å²) < 4.78 is 10.8. The summed E-state index contributed by atoms with van der Waals surface area (Å²) in [5, 5.41) is 3.26. The average Bonchev–Trinajstić information content (AvgIpc) is 2.25. The summed E-state index contributed by atoms with van der Waals surface area (Å²) in [4.78, 5) is 0. The molecule has 3 heteroatoms. The molecular weight excluding hydrogens is 218 g/mol. The van der Waals surface area contributed by atoms with Gasteiger partial charge in [-0.15, -0.1) is 5.92 Å². The molecule has 0 bridgehead atoms. The van der Waals surface area contributed by atoms with Crippen LogP contribution in [0.4, 0.5) is 0 Å². The van der Waals surface area contributed by atoms with E-state index in [0.29, 0.717) is 5.75 Å². The zero-order chi connectivity index (χ0) is 11.8. The predicted octanol–water partition coefficient (Wildman–Crippen LogP) is 1.53. The number of hydrogen-bond donors (Lipinski definition) is 1. The summed E-state index contributed by atoms with van der Waals surface area (Å²) in [5.41, 5.74) is 2.25. The van der Waals surface area contributed by atoms with Crippen LogP contribution in [-0.2, 0) is 17.3 Å². The summed E-state index contributed by atoms with van der Waals surface area (Å²) in [6, 6.07) is 8.15. The molecule has 1 atom stereocenters. The second kappa shape index (κ2) is 7.21. The zero-order valence-corrected chi connectivity index (χ0v) is 10.6. The van der Waals surface area contributed by atoms with Gasteiger partial charge >= 0.3 is 0 Å². The summed E-state index contributed by atoms with van der Waals surface area (Å²) in [6.07, 6.45) is 1.72. The van der Waals surface area contributed by atoms with Crippen molar-refractivity contribution in [1.82, 2.24) is 5.32 Å². The van der Waals surface area contributed by atoms with Gasteiger partial charge in [-0.25, -0.2) is 0 Å². The summed E-state index contributed by atoms with van der Waals surface area (Å²) in [7, 11) is -0.716.